The Bertz CT molecular complexity index is 520. The minimum atomic E-state index is -0.158. The van der Waals surface area contributed by atoms with Crippen molar-refractivity contribution in [3.63, 3.8) is 0 Å². The van der Waals surface area contributed by atoms with Crippen LogP contribution < -0.4 is 10.2 Å². The number of hydrogen-bond donors (Lipinski definition) is 1. The lowest BCUT2D eigenvalue weighted by Gasteiger charge is -2.37. The molecule has 3 heteroatoms. The van der Waals surface area contributed by atoms with Crippen molar-refractivity contribution in [3.8, 4) is 0 Å². The van der Waals surface area contributed by atoms with E-state index in [-0.39, 0.29) is 17.9 Å². The van der Waals surface area contributed by atoms with E-state index >= 15 is 0 Å². The normalized spacial score (nSPS) is 18.3. The fourth-order valence-corrected chi connectivity index (χ4v) is 2.42. The molecule has 0 fully saturated rings. The fraction of sp³-hybridized carbons (Fsp3) is 0.438. The predicted octanol–water partition coefficient (Wildman–Crippen LogP) is 3.27. The van der Waals surface area contributed by atoms with Gasteiger partial charge < -0.3 is 10.2 Å². The molecule has 3 nitrogen and oxygen atoms in total. The number of anilines is 2. The highest BCUT2D eigenvalue weighted by Crippen LogP contribution is 2.35. The van der Waals surface area contributed by atoms with Crippen LogP contribution in [0.15, 0.2) is 24.8 Å². The van der Waals surface area contributed by atoms with E-state index in [0.29, 0.717) is 6.54 Å². The van der Waals surface area contributed by atoms with E-state index in [1.54, 1.807) is 6.08 Å². The first-order valence-electron chi connectivity index (χ1n) is 6.75. The molecule has 0 bridgehead atoms. The van der Waals surface area contributed by atoms with Gasteiger partial charge in [0.05, 0.1) is 11.4 Å². The Hall–Kier alpha value is -1.77. The smallest absolute Gasteiger partial charge is 0.250 e. The van der Waals surface area contributed by atoms with Crippen molar-refractivity contribution in [2.45, 2.75) is 33.7 Å². The molecule has 1 unspecified atom stereocenters. The monoisotopic (exact) mass is 258 g/mol. The summed E-state index contributed by atoms with van der Waals surface area (Å²) in [6.07, 6.45) is 1.78. The van der Waals surface area contributed by atoms with Gasteiger partial charge in [-0.15, -0.1) is 6.58 Å². The topological polar surface area (TPSA) is 32.3 Å². The number of carbonyl (C=O) groups is 1. The Kier molecular flexibility index (Phi) is 3.65. The van der Waals surface area contributed by atoms with Gasteiger partial charge >= 0.3 is 0 Å². The van der Waals surface area contributed by atoms with Crippen LogP contribution in [0.3, 0.4) is 0 Å². The summed E-state index contributed by atoms with van der Waals surface area (Å²) < 4.78 is 0. The highest BCUT2D eigenvalue weighted by Gasteiger charge is 2.33. The first-order chi connectivity index (χ1) is 8.95. The van der Waals surface area contributed by atoms with Gasteiger partial charge in [-0.1, -0.05) is 19.9 Å². The molecule has 0 spiro atoms. The molecule has 19 heavy (non-hydrogen) atoms. The molecular weight excluding hydrogens is 236 g/mol. The van der Waals surface area contributed by atoms with Crippen molar-refractivity contribution in [3.05, 3.63) is 35.9 Å². The van der Waals surface area contributed by atoms with Gasteiger partial charge in [-0.2, -0.15) is 0 Å². The Morgan fingerprint density at radius 1 is 1.37 bits per heavy atom. The minimum absolute atomic E-state index is 0.130. The van der Waals surface area contributed by atoms with Crippen molar-refractivity contribution in [1.29, 1.82) is 0 Å². The second-order valence-electron chi connectivity index (χ2n) is 5.56. The van der Waals surface area contributed by atoms with Gasteiger partial charge in [-0.05, 0) is 43.0 Å². The van der Waals surface area contributed by atoms with E-state index in [1.165, 1.54) is 11.1 Å². The number of benzene rings is 1. The molecule has 0 aliphatic carbocycles. The maximum absolute atomic E-state index is 12.5. The first kappa shape index (κ1) is 13.7. The lowest BCUT2D eigenvalue weighted by atomic mass is 9.97. The number of rotatable bonds is 3. The number of fused-ring (bicyclic) bond motifs is 1. The zero-order valence-corrected chi connectivity index (χ0v) is 12.2. The van der Waals surface area contributed by atoms with Crippen LogP contribution >= 0.6 is 0 Å². The van der Waals surface area contributed by atoms with Gasteiger partial charge in [0.1, 0.15) is 6.04 Å². The van der Waals surface area contributed by atoms with E-state index in [0.717, 1.165) is 11.4 Å². The Balaban J connectivity index is 2.52. The lowest BCUT2D eigenvalue weighted by molar-refractivity contribution is -0.120. The van der Waals surface area contributed by atoms with Crippen molar-refractivity contribution in [2.75, 3.05) is 16.8 Å². The molecule has 0 radical (unpaired) electrons. The van der Waals surface area contributed by atoms with Gasteiger partial charge in [-0.3, -0.25) is 4.79 Å². The summed E-state index contributed by atoms with van der Waals surface area (Å²) >= 11 is 0. The lowest BCUT2D eigenvalue weighted by Crippen LogP contribution is -2.49. The van der Waals surface area contributed by atoms with Crippen molar-refractivity contribution >= 4 is 17.3 Å². The largest absolute Gasteiger partial charge is 0.372 e. The van der Waals surface area contributed by atoms with Gasteiger partial charge in [-0.25, -0.2) is 0 Å². The van der Waals surface area contributed by atoms with Crippen LogP contribution in [-0.2, 0) is 4.79 Å². The standard InChI is InChI=1S/C16H22N2O/c1-6-7-18-14-9-12(5)11(4)8-13(14)17-15(10(2)3)16(18)19/h6,8-10,15,17H,1,7H2,2-5H3. The average molecular weight is 258 g/mol. The van der Waals surface area contributed by atoms with E-state index in [4.69, 9.17) is 0 Å². The van der Waals surface area contributed by atoms with Crippen LogP contribution in [0.25, 0.3) is 0 Å². The van der Waals surface area contributed by atoms with E-state index < -0.39 is 0 Å². The van der Waals surface area contributed by atoms with Crippen LogP contribution in [0.4, 0.5) is 11.4 Å². The molecule has 0 aromatic heterocycles. The molecule has 2 rings (SSSR count). The second-order valence-corrected chi connectivity index (χ2v) is 5.56. The summed E-state index contributed by atoms with van der Waals surface area (Å²) in [6, 6.07) is 4.05. The SMILES string of the molecule is C=CCN1C(=O)C(C(C)C)Nc2cc(C)c(C)cc21. The molecule has 0 saturated carbocycles. The van der Waals surface area contributed by atoms with Crippen molar-refractivity contribution in [2.24, 2.45) is 5.92 Å². The number of nitrogens with zero attached hydrogens (tertiary/aromatic N) is 1. The molecule has 1 heterocycles. The molecule has 1 amide bonds. The third-order valence-electron chi connectivity index (χ3n) is 3.72. The second kappa shape index (κ2) is 5.08. The Morgan fingerprint density at radius 2 is 2.00 bits per heavy atom. The van der Waals surface area contributed by atoms with Crippen LogP contribution in [0, 0.1) is 19.8 Å². The fourth-order valence-electron chi connectivity index (χ4n) is 2.42. The van der Waals surface area contributed by atoms with Crippen LogP contribution in [-0.4, -0.2) is 18.5 Å². The highest BCUT2D eigenvalue weighted by atomic mass is 16.2. The average Bonchev–Trinajstić information content (AvgIpc) is 2.35. The first-order valence-corrected chi connectivity index (χ1v) is 6.75. The molecule has 0 saturated heterocycles. The molecule has 1 N–H and O–H groups in total. The van der Waals surface area contributed by atoms with Gasteiger partial charge in [0, 0.05) is 6.54 Å². The molecular formula is C16H22N2O. The van der Waals surface area contributed by atoms with E-state index in [2.05, 4.69) is 51.7 Å². The van der Waals surface area contributed by atoms with E-state index in [9.17, 15) is 4.79 Å². The summed E-state index contributed by atoms with van der Waals surface area (Å²) in [7, 11) is 0. The number of carbonyl (C=O) groups excluding carboxylic acids is 1. The van der Waals surface area contributed by atoms with Crippen LogP contribution in [0.1, 0.15) is 25.0 Å². The molecule has 102 valence electrons. The summed E-state index contributed by atoms with van der Waals surface area (Å²) in [5.41, 5.74) is 4.44. The van der Waals surface area contributed by atoms with Crippen molar-refractivity contribution in [1.82, 2.24) is 0 Å². The maximum atomic E-state index is 12.5. The molecule has 1 aliphatic rings. The minimum Gasteiger partial charge on any atom is -0.372 e. The maximum Gasteiger partial charge on any atom is 0.250 e. The van der Waals surface area contributed by atoms with Crippen LogP contribution in [0.5, 0.6) is 0 Å². The number of aryl methyl sites for hydroxylation is 2. The highest BCUT2D eigenvalue weighted by molar-refractivity contribution is 6.05. The summed E-state index contributed by atoms with van der Waals surface area (Å²) in [6.45, 7) is 12.6. The Labute approximate surface area is 115 Å². The van der Waals surface area contributed by atoms with Gasteiger partial charge in [0.25, 0.3) is 0 Å². The predicted molar refractivity (Wildman–Crippen MR) is 80.7 cm³/mol. The number of amides is 1. The number of hydrogen-bond acceptors (Lipinski definition) is 2. The Morgan fingerprint density at radius 3 is 2.58 bits per heavy atom. The van der Waals surface area contributed by atoms with Crippen LogP contribution in [0.2, 0.25) is 0 Å². The quantitative estimate of drug-likeness (QED) is 0.844. The van der Waals surface area contributed by atoms with E-state index in [1.807, 2.05) is 4.90 Å². The third-order valence-corrected chi connectivity index (χ3v) is 3.72. The molecule has 1 aromatic carbocycles. The van der Waals surface area contributed by atoms with Gasteiger partial charge in [0.15, 0.2) is 0 Å². The summed E-state index contributed by atoms with van der Waals surface area (Å²) in [4.78, 5) is 14.4. The van der Waals surface area contributed by atoms with Gasteiger partial charge in [0.2, 0.25) is 5.91 Å². The molecule has 1 aromatic rings. The third kappa shape index (κ3) is 2.37. The summed E-state index contributed by atoms with van der Waals surface area (Å²) in [5.74, 6) is 0.389. The molecule has 1 aliphatic heterocycles. The number of nitrogens with one attached hydrogen (secondary N) is 1. The zero-order chi connectivity index (χ0) is 14.2. The molecule has 1 atom stereocenters. The zero-order valence-electron chi connectivity index (χ0n) is 12.2. The van der Waals surface area contributed by atoms with Crippen molar-refractivity contribution < 1.29 is 4.79 Å². The summed E-state index contributed by atoms with van der Waals surface area (Å²) in [5, 5.41) is 3.38.